The molecule has 1 aromatic rings. The Morgan fingerprint density at radius 2 is 2.50 bits per heavy atom. The summed E-state index contributed by atoms with van der Waals surface area (Å²) in [7, 11) is 0. The summed E-state index contributed by atoms with van der Waals surface area (Å²) in [6, 6.07) is 0.931. The molecular formula is C15H24N2OS2. The van der Waals surface area contributed by atoms with Crippen molar-refractivity contribution in [1.82, 2.24) is 10.3 Å². The molecule has 1 N–H and O–H groups in total. The van der Waals surface area contributed by atoms with Crippen LogP contribution in [0.3, 0.4) is 0 Å². The zero-order valence-electron chi connectivity index (χ0n) is 12.4. The Morgan fingerprint density at radius 1 is 1.60 bits per heavy atom. The maximum absolute atomic E-state index is 6.09. The van der Waals surface area contributed by atoms with Crippen LogP contribution in [0.2, 0.25) is 0 Å². The molecule has 0 aromatic carbocycles. The van der Waals surface area contributed by atoms with Crippen LogP contribution < -0.4 is 5.32 Å². The first-order valence-electron chi connectivity index (χ1n) is 7.63. The quantitative estimate of drug-likeness (QED) is 0.924. The highest BCUT2D eigenvalue weighted by molar-refractivity contribution is 7.99. The molecule has 1 spiro atoms. The minimum absolute atomic E-state index is 0.164. The second kappa shape index (κ2) is 6.34. The zero-order valence-corrected chi connectivity index (χ0v) is 14.0. The number of nitrogens with zero attached hydrogens (tertiary/aromatic N) is 1. The van der Waals surface area contributed by atoms with E-state index in [1.165, 1.54) is 27.8 Å². The number of nitrogens with one attached hydrogen (secondary N) is 1. The van der Waals surface area contributed by atoms with Gasteiger partial charge in [0.2, 0.25) is 0 Å². The van der Waals surface area contributed by atoms with Gasteiger partial charge in [0.05, 0.1) is 11.6 Å². The molecule has 0 saturated carbocycles. The average Bonchev–Trinajstić information content (AvgIpc) is 3.08. The molecule has 3 nitrogen and oxygen atoms in total. The predicted molar refractivity (Wildman–Crippen MR) is 86.7 cm³/mol. The van der Waals surface area contributed by atoms with E-state index in [2.05, 4.69) is 24.1 Å². The van der Waals surface area contributed by atoms with Gasteiger partial charge in [-0.3, -0.25) is 0 Å². The molecule has 2 fully saturated rings. The summed E-state index contributed by atoms with van der Waals surface area (Å²) < 4.78 is 6.09. The maximum atomic E-state index is 6.09. The van der Waals surface area contributed by atoms with Crippen molar-refractivity contribution in [3.8, 4) is 0 Å². The minimum Gasteiger partial charge on any atom is -0.374 e. The number of aryl methyl sites for hydroxylation is 1. The molecule has 3 heterocycles. The minimum atomic E-state index is 0.164. The van der Waals surface area contributed by atoms with E-state index in [4.69, 9.17) is 4.74 Å². The van der Waals surface area contributed by atoms with Crippen LogP contribution in [0.25, 0.3) is 0 Å². The van der Waals surface area contributed by atoms with E-state index in [0.717, 1.165) is 25.9 Å². The lowest BCUT2D eigenvalue weighted by Crippen LogP contribution is -2.47. The summed E-state index contributed by atoms with van der Waals surface area (Å²) in [5.74, 6) is 2.44. The second-order valence-electron chi connectivity index (χ2n) is 5.93. The van der Waals surface area contributed by atoms with Crippen LogP contribution in [0.5, 0.6) is 0 Å². The van der Waals surface area contributed by atoms with Crippen molar-refractivity contribution in [1.29, 1.82) is 0 Å². The number of thiazole rings is 1. The summed E-state index contributed by atoms with van der Waals surface area (Å²) in [6.07, 6.45) is 6.62. The van der Waals surface area contributed by atoms with Crippen LogP contribution in [0, 0.1) is 0 Å². The van der Waals surface area contributed by atoms with E-state index in [1.807, 2.05) is 29.3 Å². The van der Waals surface area contributed by atoms with Gasteiger partial charge >= 0.3 is 0 Å². The van der Waals surface area contributed by atoms with Gasteiger partial charge in [-0.1, -0.05) is 6.92 Å². The molecule has 5 heteroatoms. The third-order valence-corrected chi connectivity index (χ3v) is 6.88. The van der Waals surface area contributed by atoms with Crippen LogP contribution in [0.15, 0.2) is 6.20 Å². The highest BCUT2D eigenvalue weighted by Crippen LogP contribution is 2.38. The van der Waals surface area contributed by atoms with E-state index >= 15 is 0 Å². The largest absolute Gasteiger partial charge is 0.374 e. The second-order valence-corrected chi connectivity index (χ2v) is 8.18. The van der Waals surface area contributed by atoms with Crippen molar-refractivity contribution in [2.75, 3.05) is 18.1 Å². The third-order valence-electron chi connectivity index (χ3n) is 4.34. The third kappa shape index (κ3) is 3.21. The molecule has 0 radical (unpaired) electrons. The smallest absolute Gasteiger partial charge is 0.109 e. The first kappa shape index (κ1) is 14.8. The molecule has 3 unspecified atom stereocenters. The van der Waals surface area contributed by atoms with Gasteiger partial charge in [-0.2, -0.15) is 11.8 Å². The van der Waals surface area contributed by atoms with Crippen LogP contribution in [0.1, 0.15) is 49.0 Å². The molecule has 0 amide bonds. The van der Waals surface area contributed by atoms with E-state index in [9.17, 15) is 0 Å². The fraction of sp³-hybridized carbons (Fsp3) is 0.800. The lowest BCUT2D eigenvalue weighted by Gasteiger charge is -2.39. The molecule has 3 rings (SSSR count). The molecular weight excluding hydrogens is 288 g/mol. The van der Waals surface area contributed by atoms with Crippen molar-refractivity contribution in [2.24, 2.45) is 0 Å². The van der Waals surface area contributed by atoms with Crippen LogP contribution in [-0.2, 0) is 11.2 Å². The number of ether oxygens (including phenoxy) is 1. The number of aromatic nitrogens is 1. The fourth-order valence-corrected chi connectivity index (χ4v) is 5.39. The predicted octanol–water partition coefficient (Wildman–Crippen LogP) is 3.41. The summed E-state index contributed by atoms with van der Waals surface area (Å²) in [4.78, 5) is 5.94. The number of hydrogen-bond donors (Lipinski definition) is 1. The molecule has 2 saturated heterocycles. The van der Waals surface area contributed by atoms with Crippen molar-refractivity contribution in [3.05, 3.63) is 16.1 Å². The van der Waals surface area contributed by atoms with E-state index < -0.39 is 0 Å². The maximum Gasteiger partial charge on any atom is 0.109 e. The van der Waals surface area contributed by atoms with E-state index in [0.29, 0.717) is 12.1 Å². The fourth-order valence-electron chi connectivity index (χ4n) is 3.14. The standard InChI is InChI=1S/C15H24N2OS2/c1-3-13-9-16-14(20-13)11(2)17-12-4-6-18-15(8-12)5-7-19-10-15/h9,11-12,17H,3-8,10H2,1-2H3. The molecule has 112 valence electrons. The molecule has 20 heavy (non-hydrogen) atoms. The average molecular weight is 313 g/mol. The van der Waals surface area contributed by atoms with Gasteiger partial charge in [-0.25, -0.2) is 4.98 Å². The number of hydrogen-bond acceptors (Lipinski definition) is 5. The van der Waals surface area contributed by atoms with Gasteiger partial charge in [0, 0.05) is 29.5 Å². The Hall–Kier alpha value is -0.100. The lowest BCUT2D eigenvalue weighted by molar-refractivity contribution is -0.0711. The van der Waals surface area contributed by atoms with E-state index in [1.54, 1.807) is 0 Å². The Morgan fingerprint density at radius 3 is 3.20 bits per heavy atom. The lowest BCUT2D eigenvalue weighted by atomic mass is 9.89. The Balaban J connectivity index is 1.59. The molecule has 0 aliphatic carbocycles. The van der Waals surface area contributed by atoms with Crippen LogP contribution in [0.4, 0.5) is 0 Å². The van der Waals surface area contributed by atoms with Gasteiger partial charge in [0.15, 0.2) is 0 Å². The number of thioether (sulfide) groups is 1. The molecule has 0 bridgehead atoms. The molecule has 2 aliphatic heterocycles. The van der Waals surface area contributed by atoms with Gasteiger partial charge < -0.3 is 10.1 Å². The normalized spacial score (nSPS) is 31.8. The molecule has 3 atom stereocenters. The van der Waals surface area contributed by atoms with E-state index in [-0.39, 0.29) is 5.60 Å². The van der Waals surface area contributed by atoms with Crippen molar-refractivity contribution in [2.45, 2.75) is 57.2 Å². The summed E-state index contributed by atoms with van der Waals surface area (Å²) in [5.41, 5.74) is 0.164. The van der Waals surface area contributed by atoms with Crippen LogP contribution >= 0.6 is 23.1 Å². The van der Waals surface area contributed by atoms with Gasteiger partial charge in [0.1, 0.15) is 5.01 Å². The first-order chi connectivity index (χ1) is 9.71. The summed E-state index contributed by atoms with van der Waals surface area (Å²) >= 11 is 3.88. The van der Waals surface area contributed by atoms with Crippen LogP contribution in [-0.4, -0.2) is 34.7 Å². The summed E-state index contributed by atoms with van der Waals surface area (Å²) in [6.45, 7) is 5.34. The summed E-state index contributed by atoms with van der Waals surface area (Å²) in [5, 5.41) is 5.01. The monoisotopic (exact) mass is 312 g/mol. The van der Waals surface area contributed by atoms with Crippen molar-refractivity contribution >= 4 is 23.1 Å². The Kier molecular flexibility index (Phi) is 4.70. The molecule has 2 aliphatic rings. The van der Waals surface area contributed by atoms with Gasteiger partial charge in [0.25, 0.3) is 0 Å². The number of rotatable bonds is 4. The first-order valence-corrected chi connectivity index (χ1v) is 9.60. The topological polar surface area (TPSA) is 34.2 Å². The van der Waals surface area contributed by atoms with Crippen molar-refractivity contribution < 1.29 is 4.74 Å². The highest BCUT2D eigenvalue weighted by Gasteiger charge is 2.40. The van der Waals surface area contributed by atoms with Gasteiger partial charge in [-0.15, -0.1) is 11.3 Å². The Labute approximate surface area is 129 Å². The van der Waals surface area contributed by atoms with Gasteiger partial charge in [-0.05, 0) is 38.4 Å². The Bertz CT molecular complexity index is 443. The zero-order chi connectivity index (χ0) is 14.0. The van der Waals surface area contributed by atoms with Crippen molar-refractivity contribution in [3.63, 3.8) is 0 Å². The SMILES string of the molecule is CCc1cnc(C(C)NC2CCOC3(CCSC3)C2)s1. The highest BCUT2D eigenvalue weighted by atomic mass is 32.2. The molecule has 1 aromatic heterocycles.